The van der Waals surface area contributed by atoms with Crippen LogP contribution in [0, 0.1) is 0 Å². The normalized spacial score (nSPS) is 11.7. The lowest BCUT2D eigenvalue weighted by atomic mass is 10.1. The minimum atomic E-state index is 0.641. The smallest absolute Gasteiger partial charge is 0.138 e. The van der Waals surface area contributed by atoms with Crippen LogP contribution in [-0.2, 0) is 0 Å². The molecule has 4 heterocycles. The van der Waals surface area contributed by atoms with Crippen LogP contribution in [-0.4, -0.2) is 19.1 Å². The first kappa shape index (κ1) is 22.4. The van der Waals surface area contributed by atoms with Gasteiger partial charge in [0, 0.05) is 33.9 Å². The second kappa shape index (κ2) is 8.44. The number of nitrogen functional groups attached to an aromatic ring is 2. The number of anilines is 2. The van der Waals surface area contributed by atoms with E-state index in [9.17, 15) is 0 Å². The van der Waals surface area contributed by atoms with E-state index in [1.165, 1.54) is 0 Å². The van der Waals surface area contributed by atoms with Gasteiger partial charge in [0.2, 0.25) is 0 Å². The first-order chi connectivity index (χ1) is 19.7. The molecule has 4 aromatic carbocycles. The minimum Gasteiger partial charge on any atom is -0.396 e. The third kappa shape index (κ3) is 3.16. The molecule has 0 saturated heterocycles. The summed E-state index contributed by atoms with van der Waals surface area (Å²) in [7, 11) is 0. The van der Waals surface area contributed by atoms with E-state index in [0.717, 1.165) is 66.4 Å². The van der Waals surface area contributed by atoms with Crippen LogP contribution in [0.25, 0.3) is 66.4 Å². The molecule has 4 N–H and O–H groups in total. The van der Waals surface area contributed by atoms with E-state index in [1.807, 2.05) is 73.1 Å². The van der Waals surface area contributed by atoms with Crippen LogP contribution in [0.3, 0.4) is 0 Å². The summed E-state index contributed by atoms with van der Waals surface area (Å²) >= 11 is 0. The van der Waals surface area contributed by atoms with Gasteiger partial charge < -0.3 is 11.5 Å². The van der Waals surface area contributed by atoms with E-state index in [1.54, 1.807) is 0 Å². The van der Waals surface area contributed by atoms with Crippen LogP contribution in [0.2, 0.25) is 0 Å². The van der Waals surface area contributed by atoms with Crippen molar-refractivity contribution in [3.63, 3.8) is 0 Å². The number of pyridine rings is 2. The molecule has 0 aliphatic carbocycles. The highest BCUT2D eigenvalue weighted by Crippen LogP contribution is 2.45. The van der Waals surface area contributed by atoms with Crippen molar-refractivity contribution in [1.82, 2.24) is 19.1 Å². The average Bonchev–Trinajstić information content (AvgIpc) is 3.47. The quantitative estimate of drug-likeness (QED) is 0.254. The summed E-state index contributed by atoms with van der Waals surface area (Å²) in [6, 6.07) is 36.9. The number of fused-ring (bicyclic) bond motifs is 4. The molecule has 40 heavy (non-hydrogen) atoms. The second-order valence-electron chi connectivity index (χ2n) is 10.0. The molecule has 0 unspecified atom stereocenters. The Morgan fingerprint density at radius 1 is 0.450 bits per heavy atom. The number of hydrogen-bond acceptors (Lipinski definition) is 4. The van der Waals surface area contributed by atoms with Gasteiger partial charge in [-0.25, -0.2) is 9.97 Å². The summed E-state index contributed by atoms with van der Waals surface area (Å²) in [5.74, 6) is 1.54. The molecule has 6 heteroatoms. The van der Waals surface area contributed by atoms with Crippen molar-refractivity contribution < 1.29 is 0 Å². The van der Waals surface area contributed by atoms with Gasteiger partial charge in [-0.1, -0.05) is 84.9 Å². The van der Waals surface area contributed by atoms with Gasteiger partial charge in [0.25, 0.3) is 0 Å². The second-order valence-corrected chi connectivity index (χ2v) is 10.0. The van der Waals surface area contributed by atoms with Crippen molar-refractivity contribution in [2.24, 2.45) is 0 Å². The molecule has 0 amide bonds. The molecule has 8 rings (SSSR count). The largest absolute Gasteiger partial charge is 0.396 e. The van der Waals surface area contributed by atoms with Gasteiger partial charge in [0.05, 0.1) is 33.8 Å². The fraction of sp³-hybridized carbons (Fsp3) is 0. The molecule has 0 aliphatic heterocycles. The van der Waals surface area contributed by atoms with Crippen molar-refractivity contribution >= 4 is 54.7 Å². The van der Waals surface area contributed by atoms with Crippen LogP contribution < -0.4 is 11.5 Å². The van der Waals surface area contributed by atoms with Crippen LogP contribution in [0.5, 0.6) is 0 Å². The van der Waals surface area contributed by atoms with E-state index in [4.69, 9.17) is 21.4 Å². The number of hydrogen-bond donors (Lipinski definition) is 2. The molecule has 0 radical (unpaired) electrons. The van der Waals surface area contributed by atoms with Gasteiger partial charge in [-0.15, -0.1) is 0 Å². The van der Waals surface area contributed by atoms with Gasteiger partial charge in [-0.05, 0) is 35.0 Å². The van der Waals surface area contributed by atoms with Gasteiger partial charge in [0.1, 0.15) is 11.6 Å². The lowest BCUT2D eigenvalue weighted by Crippen LogP contribution is -2.07. The Bertz CT molecular complexity index is 2090. The Hall–Kier alpha value is -5.62. The Morgan fingerprint density at radius 2 is 0.825 bits per heavy atom. The van der Waals surface area contributed by atoms with Crippen molar-refractivity contribution in [3.8, 4) is 23.0 Å². The summed E-state index contributed by atoms with van der Waals surface area (Å²) in [5.41, 5.74) is 18.8. The molecule has 0 saturated carbocycles. The number of aromatic nitrogens is 4. The zero-order chi connectivity index (χ0) is 26.8. The lowest BCUT2D eigenvalue weighted by molar-refractivity contribution is 1.01. The standard InChI is InChI=1S/C34H24N6/c35-31-25-13-5-7-15-27(25)39(29-17-21-9-1-3-11-23(21)19-37-29)33(31)34-32(36)26-14-6-8-16-28(26)40(34)30-18-22-10-2-4-12-24(22)20-38-30/h1-20H,35-36H2. The maximum atomic E-state index is 7.01. The first-order valence-corrected chi connectivity index (χ1v) is 13.2. The first-order valence-electron chi connectivity index (χ1n) is 13.2. The molecule has 0 aliphatic rings. The summed E-state index contributed by atoms with van der Waals surface area (Å²) in [6.07, 6.45) is 3.81. The minimum absolute atomic E-state index is 0.641. The van der Waals surface area contributed by atoms with Crippen LogP contribution >= 0.6 is 0 Å². The van der Waals surface area contributed by atoms with E-state index < -0.39 is 0 Å². The maximum Gasteiger partial charge on any atom is 0.138 e. The molecule has 0 fully saturated rings. The van der Waals surface area contributed by atoms with Gasteiger partial charge >= 0.3 is 0 Å². The summed E-state index contributed by atoms with van der Waals surface area (Å²) in [5, 5.41) is 6.22. The fourth-order valence-corrected chi connectivity index (χ4v) is 5.86. The molecule has 0 spiro atoms. The number of benzene rings is 4. The Balaban J connectivity index is 1.52. The predicted molar refractivity (Wildman–Crippen MR) is 165 cm³/mol. The number of rotatable bonds is 3. The Kier molecular flexibility index (Phi) is 4.72. The van der Waals surface area contributed by atoms with E-state index in [-0.39, 0.29) is 0 Å². The van der Waals surface area contributed by atoms with Crippen molar-refractivity contribution in [3.05, 3.63) is 122 Å². The van der Waals surface area contributed by atoms with Crippen molar-refractivity contribution in [2.75, 3.05) is 11.5 Å². The predicted octanol–water partition coefficient (Wildman–Crippen LogP) is 7.50. The third-order valence-corrected chi connectivity index (χ3v) is 7.74. The highest BCUT2D eigenvalue weighted by Gasteiger charge is 2.27. The lowest BCUT2D eigenvalue weighted by Gasteiger charge is -2.16. The SMILES string of the molecule is Nc1c(-c2c(N)c3ccccc3n2-c2cc3ccccc3cn2)n(-c2cc3ccccc3cn2)c2ccccc12. The highest BCUT2D eigenvalue weighted by atomic mass is 15.1. The van der Waals surface area contributed by atoms with Crippen molar-refractivity contribution in [2.45, 2.75) is 0 Å². The molecule has 0 bridgehead atoms. The van der Waals surface area contributed by atoms with Crippen LogP contribution in [0.1, 0.15) is 0 Å². The van der Waals surface area contributed by atoms with Crippen LogP contribution in [0.15, 0.2) is 122 Å². The van der Waals surface area contributed by atoms with Crippen LogP contribution in [0.4, 0.5) is 11.4 Å². The van der Waals surface area contributed by atoms with Gasteiger partial charge in [-0.3, -0.25) is 9.13 Å². The van der Waals surface area contributed by atoms with Gasteiger partial charge in [0.15, 0.2) is 0 Å². The summed E-state index contributed by atoms with van der Waals surface area (Å²) in [4.78, 5) is 9.79. The molecule has 0 atom stereocenters. The molecule has 6 nitrogen and oxygen atoms in total. The zero-order valence-electron chi connectivity index (χ0n) is 21.5. The number of nitrogens with two attached hydrogens (primary N) is 2. The zero-order valence-corrected chi connectivity index (χ0v) is 21.5. The maximum absolute atomic E-state index is 7.01. The molecular weight excluding hydrogens is 492 g/mol. The molecule has 8 aromatic rings. The number of para-hydroxylation sites is 2. The fourth-order valence-electron chi connectivity index (χ4n) is 5.86. The average molecular weight is 517 g/mol. The number of nitrogens with zero attached hydrogens (tertiary/aromatic N) is 4. The highest BCUT2D eigenvalue weighted by molar-refractivity contribution is 6.09. The van der Waals surface area contributed by atoms with Crippen molar-refractivity contribution in [1.29, 1.82) is 0 Å². The van der Waals surface area contributed by atoms with E-state index in [0.29, 0.717) is 11.4 Å². The van der Waals surface area contributed by atoms with E-state index >= 15 is 0 Å². The topological polar surface area (TPSA) is 87.7 Å². The monoisotopic (exact) mass is 516 g/mol. The molecule has 4 aromatic heterocycles. The third-order valence-electron chi connectivity index (χ3n) is 7.74. The summed E-state index contributed by atoms with van der Waals surface area (Å²) < 4.78 is 4.25. The van der Waals surface area contributed by atoms with Gasteiger partial charge in [-0.2, -0.15) is 0 Å². The Morgan fingerprint density at radius 3 is 1.27 bits per heavy atom. The van der Waals surface area contributed by atoms with E-state index in [2.05, 4.69) is 57.7 Å². The molecular formula is C34H24N6. The molecule has 190 valence electrons. The Labute approximate surface area is 229 Å². The summed E-state index contributed by atoms with van der Waals surface area (Å²) in [6.45, 7) is 0.